The van der Waals surface area contributed by atoms with Crippen molar-refractivity contribution < 1.29 is 27.9 Å². The molecule has 1 atom stereocenters. The van der Waals surface area contributed by atoms with Gasteiger partial charge in [-0.3, -0.25) is 4.79 Å². The van der Waals surface area contributed by atoms with E-state index in [2.05, 4.69) is 25.6 Å². The van der Waals surface area contributed by atoms with E-state index in [9.17, 15) is 27.9 Å². The summed E-state index contributed by atoms with van der Waals surface area (Å²) in [5.41, 5.74) is 0.0796. The van der Waals surface area contributed by atoms with Crippen LogP contribution in [-0.4, -0.2) is 49.1 Å². The van der Waals surface area contributed by atoms with Crippen molar-refractivity contribution >= 4 is 28.9 Å². The maximum atomic E-state index is 13.1. The van der Waals surface area contributed by atoms with Crippen LogP contribution in [0, 0.1) is 11.8 Å². The molecule has 2 aliphatic carbocycles. The Morgan fingerprint density at radius 3 is 2.38 bits per heavy atom. The minimum absolute atomic E-state index is 0.00765. The van der Waals surface area contributed by atoms with Crippen LogP contribution in [0.4, 0.5) is 19.0 Å². The van der Waals surface area contributed by atoms with E-state index in [1.807, 2.05) is 6.92 Å². The van der Waals surface area contributed by atoms with Gasteiger partial charge in [-0.1, -0.05) is 18.6 Å². The van der Waals surface area contributed by atoms with Crippen LogP contribution < -0.4 is 10.6 Å². The first-order chi connectivity index (χ1) is 17.6. The zero-order chi connectivity index (χ0) is 26.3. The number of nitrogens with zero attached hydrogens (tertiary/aromatic N) is 4. The lowest BCUT2D eigenvalue weighted by molar-refractivity contribution is -0.137. The zero-order valence-corrected chi connectivity index (χ0v) is 20.2. The van der Waals surface area contributed by atoms with Crippen molar-refractivity contribution in [1.82, 2.24) is 24.8 Å². The lowest BCUT2D eigenvalue weighted by Gasteiger charge is -2.32. The lowest BCUT2D eigenvalue weighted by atomic mass is 9.80. The highest BCUT2D eigenvalue weighted by atomic mass is 19.4. The smallest absolute Gasteiger partial charge is 0.416 e. The molecule has 2 aromatic heterocycles. The van der Waals surface area contributed by atoms with Crippen LogP contribution in [0.3, 0.4) is 0 Å². The topological polar surface area (TPSA) is 122 Å². The van der Waals surface area contributed by atoms with Crippen molar-refractivity contribution in [3.05, 3.63) is 47.0 Å². The van der Waals surface area contributed by atoms with E-state index in [0.717, 1.165) is 44.2 Å². The van der Waals surface area contributed by atoms with E-state index in [4.69, 9.17) is 0 Å². The molecule has 37 heavy (non-hydrogen) atoms. The molecule has 2 saturated carbocycles. The van der Waals surface area contributed by atoms with Crippen LogP contribution in [0.1, 0.15) is 71.4 Å². The van der Waals surface area contributed by atoms with E-state index in [1.54, 1.807) is 4.57 Å². The van der Waals surface area contributed by atoms with Crippen molar-refractivity contribution in [3.8, 4) is 0 Å². The Morgan fingerprint density at radius 2 is 1.81 bits per heavy atom. The maximum Gasteiger partial charge on any atom is 0.416 e. The average molecular weight is 517 g/mol. The zero-order valence-electron chi connectivity index (χ0n) is 20.2. The van der Waals surface area contributed by atoms with Gasteiger partial charge in [0.1, 0.15) is 5.52 Å². The molecular weight excluding hydrogens is 489 g/mol. The Kier molecular flexibility index (Phi) is 6.50. The van der Waals surface area contributed by atoms with E-state index in [-0.39, 0.29) is 29.9 Å². The second-order valence-corrected chi connectivity index (χ2v) is 9.87. The van der Waals surface area contributed by atoms with Crippen molar-refractivity contribution in [1.29, 1.82) is 0 Å². The predicted molar refractivity (Wildman–Crippen MR) is 128 cm³/mol. The van der Waals surface area contributed by atoms with Crippen LogP contribution in [0.5, 0.6) is 0 Å². The molecule has 1 amide bonds. The summed E-state index contributed by atoms with van der Waals surface area (Å²) in [6.07, 6.45) is 0.782. The number of anilines is 1. The first-order valence-corrected chi connectivity index (χ1v) is 12.3. The van der Waals surface area contributed by atoms with E-state index >= 15 is 0 Å². The van der Waals surface area contributed by atoms with Crippen LogP contribution >= 0.6 is 0 Å². The molecule has 3 N–H and O–H groups in total. The fourth-order valence-electron chi connectivity index (χ4n) is 4.45. The molecule has 0 saturated heterocycles. The van der Waals surface area contributed by atoms with Crippen molar-refractivity contribution in [2.24, 2.45) is 11.8 Å². The number of amides is 1. The first-order valence-electron chi connectivity index (χ1n) is 12.3. The van der Waals surface area contributed by atoms with Crippen LogP contribution in [-0.2, 0) is 12.7 Å². The number of halogens is 3. The molecule has 5 rings (SSSR count). The molecule has 1 aromatic carbocycles. The molecule has 0 bridgehead atoms. The van der Waals surface area contributed by atoms with Crippen LogP contribution in [0.15, 0.2) is 24.3 Å². The molecule has 0 unspecified atom stereocenters. The van der Waals surface area contributed by atoms with Gasteiger partial charge in [-0.15, -0.1) is 0 Å². The van der Waals surface area contributed by atoms with Gasteiger partial charge in [-0.25, -0.2) is 19.7 Å². The number of aromatic carboxylic acids is 1. The Bertz CT molecular complexity index is 1330. The molecule has 0 radical (unpaired) electrons. The minimum atomic E-state index is -4.47. The monoisotopic (exact) mass is 516 g/mol. The number of imidazole rings is 1. The number of fused-ring (bicyclic) bond motifs is 1. The molecule has 2 fully saturated rings. The fourth-order valence-corrected chi connectivity index (χ4v) is 4.45. The van der Waals surface area contributed by atoms with Gasteiger partial charge < -0.3 is 20.3 Å². The van der Waals surface area contributed by atoms with Gasteiger partial charge in [-0.2, -0.15) is 13.2 Å². The highest BCUT2D eigenvalue weighted by Crippen LogP contribution is 2.33. The summed E-state index contributed by atoms with van der Waals surface area (Å²) in [6, 6.07) is 4.64. The standard InChI is InChI=1S/C25H27F3N6O3/c1-13(16-3-2-4-16)30-19-18-20(32-21(31-19)24(36)37)33-22(23(35)29-11-14-5-6-14)34(18)12-15-7-9-17(10-8-15)25(26,27)28/h7-10,13-14,16H,2-6,11-12H2,1H3,(H,29,35)(H,36,37)(H,30,31,32)/t13-/m1/s1. The number of carbonyl (C=O) groups excluding carboxylic acids is 1. The van der Waals surface area contributed by atoms with Gasteiger partial charge in [0.15, 0.2) is 11.5 Å². The summed E-state index contributed by atoms with van der Waals surface area (Å²) in [6.45, 7) is 2.49. The molecule has 196 valence electrons. The Hall–Kier alpha value is -3.70. The molecule has 12 heteroatoms. The average Bonchev–Trinajstić information content (AvgIpc) is 3.56. The number of hydrogen-bond donors (Lipinski definition) is 3. The molecule has 2 aliphatic rings. The summed E-state index contributed by atoms with van der Waals surface area (Å²) in [5.74, 6) is -1.24. The van der Waals surface area contributed by atoms with Gasteiger partial charge in [0.25, 0.3) is 5.91 Å². The highest BCUT2D eigenvalue weighted by Gasteiger charge is 2.31. The number of rotatable bonds is 9. The normalized spacial score (nSPS) is 16.9. The fraction of sp³-hybridized carbons (Fsp3) is 0.480. The molecular formula is C25H27F3N6O3. The van der Waals surface area contributed by atoms with Crippen molar-refractivity contribution in [2.75, 3.05) is 11.9 Å². The lowest BCUT2D eigenvalue weighted by Crippen LogP contribution is -2.32. The molecule has 0 aliphatic heterocycles. The quantitative estimate of drug-likeness (QED) is 0.387. The number of carboxylic acids is 1. The Morgan fingerprint density at radius 1 is 1.11 bits per heavy atom. The van der Waals surface area contributed by atoms with Crippen LogP contribution in [0.25, 0.3) is 11.2 Å². The van der Waals surface area contributed by atoms with Gasteiger partial charge in [0.05, 0.1) is 12.1 Å². The number of benzene rings is 1. The SMILES string of the molecule is C[C@@H](Nc1nc(C(=O)O)nc2nc(C(=O)NCC3CC3)n(Cc3ccc(C(F)(F)F)cc3)c12)C1CCC1. The third kappa shape index (κ3) is 5.37. The summed E-state index contributed by atoms with van der Waals surface area (Å²) in [7, 11) is 0. The first kappa shape index (κ1) is 25.0. The molecule has 9 nitrogen and oxygen atoms in total. The maximum absolute atomic E-state index is 13.1. The predicted octanol–water partition coefficient (Wildman–Crippen LogP) is 4.33. The third-order valence-electron chi connectivity index (χ3n) is 7.09. The van der Waals surface area contributed by atoms with Crippen molar-refractivity contribution in [3.63, 3.8) is 0 Å². The summed E-state index contributed by atoms with van der Waals surface area (Å²) >= 11 is 0. The molecule has 3 aromatic rings. The molecule has 2 heterocycles. The largest absolute Gasteiger partial charge is 0.475 e. The van der Waals surface area contributed by atoms with Gasteiger partial charge >= 0.3 is 12.1 Å². The van der Waals surface area contributed by atoms with Gasteiger partial charge in [0.2, 0.25) is 11.6 Å². The minimum Gasteiger partial charge on any atom is -0.475 e. The third-order valence-corrected chi connectivity index (χ3v) is 7.09. The van der Waals surface area contributed by atoms with E-state index in [0.29, 0.717) is 29.5 Å². The van der Waals surface area contributed by atoms with E-state index in [1.165, 1.54) is 12.1 Å². The van der Waals surface area contributed by atoms with Gasteiger partial charge in [0, 0.05) is 12.6 Å². The highest BCUT2D eigenvalue weighted by molar-refractivity contribution is 5.97. The van der Waals surface area contributed by atoms with Gasteiger partial charge in [-0.05, 0) is 62.1 Å². The number of carbonyl (C=O) groups is 2. The van der Waals surface area contributed by atoms with E-state index < -0.39 is 29.4 Å². The summed E-state index contributed by atoms with van der Waals surface area (Å²) < 4.78 is 40.7. The summed E-state index contributed by atoms with van der Waals surface area (Å²) in [5, 5.41) is 15.7. The molecule has 0 spiro atoms. The Balaban J connectivity index is 1.58. The number of aromatic nitrogens is 4. The summed E-state index contributed by atoms with van der Waals surface area (Å²) in [4.78, 5) is 37.5. The van der Waals surface area contributed by atoms with Crippen LogP contribution in [0.2, 0.25) is 0 Å². The number of nitrogens with one attached hydrogen (secondary N) is 2. The van der Waals surface area contributed by atoms with Crippen molar-refractivity contribution in [2.45, 2.75) is 57.8 Å². The second kappa shape index (κ2) is 9.64. The number of alkyl halides is 3. The Labute approximate surface area is 210 Å². The second-order valence-electron chi connectivity index (χ2n) is 9.87. The number of hydrogen-bond acceptors (Lipinski definition) is 6. The number of carboxylic acid groups (broad SMARTS) is 1.